The quantitative estimate of drug-likeness (QED) is 0.687. The SMILES string of the molecule is CCC(C)(CNC(C)C1CC1)C(C)O. The molecule has 0 heterocycles. The molecule has 0 aromatic rings. The predicted octanol–water partition coefficient (Wildman–Crippen LogP) is 2.17. The van der Waals surface area contributed by atoms with E-state index in [0.29, 0.717) is 6.04 Å². The average Bonchev–Trinajstić information content (AvgIpc) is 2.96. The molecule has 1 aliphatic carbocycles. The number of nitrogens with one attached hydrogen (secondary N) is 1. The molecule has 2 N–H and O–H groups in total. The van der Waals surface area contributed by atoms with Crippen LogP contribution in [0.3, 0.4) is 0 Å². The lowest BCUT2D eigenvalue weighted by atomic mass is 9.82. The van der Waals surface area contributed by atoms with E-state index in [1.54, 1.807) is 0 Å². The van der Waals surface area contributed by atoms with E-state index in [-0.39, 0.29) is 11.5 Å². The third kappa shape index (κ3) is 2.96. The van der Waals surface area contributed by atoms with Gasteiger partial charge in [-0.2, -0.15) is 0 Å². The van der Waals surface area contributed by atoms with Crippen LogP contribution in [0.4, 0.5) is 0 Å². The molecule has 0 aromatic heterocycles. The summed E-state index contributed by atoms with van der Waals surface area (Å²) in [5, 5.41) is 13.3. The molecule has 1 rings (SSSR count). The fourth-order valence-electron chi connectivity index (χ4n) is 1.73. The summed E-state index contributed by atoms with van der Waals surface area (Å²) in [4.78, 5) is 0. The maximum atomic E-state index is 9.70. The van der Waals surface area contributed by atoms with E-state index < -0.39 is 0 Å². The minimum Gasteiger partial charge on any atom is -0.393 e. The number of rotatable bonds is 6. The zero-order valence-corrected chi connectivity index (χ0v) is 10.0. The van der Waals surface area contributed by atoms with Crippen molar-refractivity contribution in [3.05, 3.63) is 0 Å². The summed E-state index contributed by atoms with van der Waals surface area (Å²) in [6, 6.07) is 0.625. The molecule has 0 radical (unpaired) electrons. The normalized spacial score (nSPS) is 25.5. The van der Waals surface area contributed by atoms with Gasteiger partial charge in [0.25, 0.3) is 0 Å². The van der Waals surface area contributed by atoms with Crippen LogP contribution < -0.4 is 5.32 Å². The Balaban J connectivity index is 2.32. The Hall–Kier alpha value is -0.0800. The summed E-state index contributed by atoms with van der Waals surface area (Å²) >= 11 is 0. The summed E-state index contributed by atoms with van der Waals surface area (Å²) in [7, 11) is 0. The average molecular weight is 199 g/mol. The lowest BCUT2D eigenvalue weighted by Crippen LogP contribution is -2.43. The van der Waals surface area contributed by atoms with E-state index in [1.165, 1.54) is 12.8 Å². The highest BCUT2D eigenvalue weighted by molar-refractivity contribution is 4.87. The van der Waals surface area contributed by atoms with Gasteiger partial charge in [0.15, 0.2) is 0 Å². The molecule has 3 atom stereocenters. The van der Waals surface area contributed by atoms with Crippen LogP contribution in [0.15, 0.2) is 0 Å². The predicted molar refractivity (Wildman–Crippen MR) is 60.3 cm³/mol. The van der Waals surface area contributed by atoms with Crippen molar-refractivity contribution in [3.8, 4) is 0 Å². The maximum absolute atomic E-state index is 9.70. The van der Waals surface area contributed by atoms with Crippen molar-refractivity contribution in [1.29, 1.82) is 0 Å². The van der Waals surface area contributed by atoms with Gasteiger partial charge in [-0.05, 0) is 39.0 Å². The van der Waals surface area contributed by atoms with E-state index in [0.717, 1.165) is 18.9 Å². The molecule has 84 valence electrons. The topological polar surface area (TPSA) is 32.3 Å². The van der Waals surface area contributed by atoms with Gasteiger partial charge in [0.2, 0.25) is 0 Å². The minimum absolute atomic E-state index is 0.0309. The summed E-state index contributed by atoms with van der Waals surface area (Å²) in [5.41, 5.74) is 0.0309. The van der Waals surface area contributed by atoms with Crippen LogP contribution in [0, 0.1) is 11.3 Å². The van der Waals surface area contributed by atoms with E-state index in [9.17, 15) is 5.11 Å². The summed E-state index contributed by atoms with van der Waals surface area (Å²) in [6.45, 7) is 9.39. The van der Waals surface area contributed by atoms with Gasteiger partial charge in [-0.3, -0.25) is 0 Å². The van der Waals surface area contributed by atoms with Crippen LogP contribution >= 0.6 is 0 Å². The van der Waals surface area contributed by atoms with Crippen molar-refractivity contribution in [2.45, 2.75) is 59.1 Å². The Bertz CT molecular complexity index is 177. The zero-order valence-electron chi connectivity index (χ0n) is 10.0. The first kappa shape index (κ1) is 12.0. The second-order valence-corrected chi connectivity index (χ2v) is 5.19. The molecule has 1 fully saturated rings. The molecule has 1 saturated carbocycles. The monoisotopic (exact) mass is 199 g/mol. The number of hydrogen-bond acceptors (Lipinski definition) is 2. The molecule has 0 amide bonds. The van der Waals surface area contributed by atoms with Crippen molar-refractivity contribution in [3.63, 3.8) is 0 Å². The lowest BCUT2D eigenvalue weighted by molar-refractivity contribution is 0.0468. The zero-order chi connectivity index (χ0) is 10.8. The van der Waals surface area contributed by atoms with E-state index >= 15 is 0 Å². The number of aliphatic hydroxyl groups excluding tert-OH is 1. The van der Waals surface area contributed by atoms with Crippen molar-refractivity contribution in [1.82, 2.24) is 5.32 Å². The molecular formula is C12H25NO. The fraction of sp³-hybridized carbons (Fsp3) is 1.00. The Kier molecular flexibility index (Phi) is 3.96. The van der Waals surface area contributed by atoms with Gasteiger partial charge >= 0.3 is 0 Å². The Morgan fingerprint density at radius 2 is 2.00 bits per heavy atom. The van der Waals surface area contributed by atoms with Crippen molar-refractivity contribution < 1.29 is 5.11 Å². The summed E-state index contributed by atoms with van der Waals surface area (Å²) in [5.74, 6) is 0.894. The molecule has 2 heteroatoms. The Morgan fingerprint density at radius 3 is 2.36 bits per heavy atom. The highest BCUT2D eigenvalue weighted by Crippen LogP contribution is 2.33. The van der Waals surface area contributed by atoms with Gasteiger partial charge in [0, 0.05) is 18.0 Å². The largest absolute Gasteiger partial charge is 0.393 e. The molecule has 0 spiro atoms. The van der Waals surface area contributed by atoms with Crippen LogP contribution in [0.2, 0.25) is 0 Å². The molecule has 0 aliphatic heterocycles. The molecule has 0 bridgehead atoms. The first-order valence-corrected chi connectivity index (χ1v) is 5.91. The molecule has 2 nitrogen and oxygen atoms in total. The second kappa shape index (κ2) is 4.63. The third-order valence-electron chi connectivity index (χ3n) is 3.97. The van der Waals surface area contributed by atoms with Gasteiger partial charge in [0.1, 0.15) is 0 Å². The Morgan fingerprint density at radius 1 is 1.43 bits per heavy atom. The summed E-state index contributed by atoms with van der Waals surface area (Å²) < 4.78 is 0. The van der Waals surface area contributed by atoms with E-state index in [1.807, 2.05) is 6.92 Å². The molecule has 14 heavy (non-hydrogen) atoms. The van der Waals surface area contributed by atoms with Crippen molar-refractivity contribution in [2.75, 3.05) is 6.54 Å². The van der Waals surface area contributed by atoms with E-state index in [4.69, 9.17) is 0 Å². The smallest absolute Gasteiger partial charge is 0.0577 e. The van der Waals surface area contributed by atoms with Gasteiger partial charge < -0.3 is 10.4 Å². The van der Waals surface area contributed by atoms with Crippen molar-refractivity contribution in [2.24, 2.45) is 11.3 Å². The molecule has 0 saturated heterocycles. The first-order valence-electron chi connectivity index (χ1n) is 5.91. The van der Waals surface area contributed by atoms with Gasteiger partial charge in [-0.25, -0.2) is 0 Å². The van der Waals surface area contributed by atoms with Crippen LogP contribution in [0.25, 0.3) is 0 Å². The van der Waals surface area contributed by atoms with Gasteiger partial charge in [0.05, 0.1) is 6.10 Å². The maximum Gasteiger partial charge on any atom is 0.0577 e. The third-order valence-corrected chi connectivity index (χ3v) is 3.97. The van der Waals surface area contributed by atoms with Crippen LogP contribution in [-0.4, -0.2) is 23.8 Å². The highest BCUT2D eigenvalue weighted by Gasteiger charge is 2.32. The van der Waals surface area contributed by atoms with Crippen LogP contribution in [0.5, 0.6) is 0 Å². The molecular weight excluding hydrogens is 174 g/mol. The van der Waals surface area contributed by atoms with Gasteiger partial charge in [-0.15, -0.1) is 0 Å². The molecule has 0 aromatic carbocycles. The number of hydrogen-bond donors (Lipinski definition) is 2. The molecule has 3 unspecified atom stereocenters. The molecule has 1 aliphatic rings. The Labute approximate surface area is 88.1 Å². The highest BCUT2D eigenvalue weighted by atomic mass is 16.3. The first-order chi connectivity index (χ1) is 6.49. The van der Waals surface area contributed by atoms with E-state index in [2.05, 4.69) is 26.1 Å². The fourth-order valence-corrected chi connectivity index (χ4v) is 1.73. The van der Waals surface area contributed by atoms with Crippen LogP contribution in [0.1, 0.15) is 47.0 Å². The van der Waals surface area contributed by atoms with Crippen LogP contribution in [-0.2, 0) is 0 Å². The minimum atomic E-state index is -0.230. The second-order valence-electron chi connectivity index (χ2n) is 5.19. The lowest BCUT2D eigenvalue weighted by Gasteiger charge is -2.33. The van der Waals surface area contributed by atoms with Gasteiger partial charge in [-0.1, -0.05) is 13.8 Å². The van der Waals surface area contributed by atoms with Crippen molar-refractivity contribution >= 4 is 0 Å². The summed E-state index contributed by atoms with van der Waals surface area (Å²) in [6.07, 6.45) is 3.55. The number of aliphatic hydroxyl groups is 1. The standard InChI is InChI=1S/C12H25NO/c1-5-12(4,10(3)14)8-13-9(2)11-6-7-11/h9-11,13-14H,5-8H2,1-4H3.